The SMILES string of the molecule is CC(=O)OCc1ccc(-c2ccccc2)o1. The van der Waals surface area contributed by atoms with Gasteiger partial charge in [-0.05, 0) is 12.1 Å². The van der Waals surface area contributed by atoms with Crippen LogP contribution in [0.4, 0.5) is 0 Å². The van der Waals surface area contributed by atoms with Crippen molar-refractivity contribution in [2.24, 2.45) is 0 Å². The fourth-order valence-corrected chi connectivity index (χ4v) is 1.39. The zero-order chi connectivity index (χ0) is 11.4. The van der Waals surface area contributed by atoms with Crippen molar-refractivity contribution in [3.8, 4) is 11.3 Å². The van der Waals surface area contributed by atoms with Gasteiger partial charge in [0.25, 0.3) is 0 Å². The maximum atomic E-state index is 10.6. The average molecular weight is 216 g/mol. The van der Waals surface area contributed by atoms with E-state index in [-0.39, 0.29) is 12.6 Å². The normalized spacial score (nSPS) is 10.1. The quantitative estimate of drug-likeness (QED) is 0.740. The van der Waals surface area contributed by atoms with Gasteiger partial charge >= 0.3 is 5.97 Å². The molecule has 3 heteroatoms. The van der Waals surface area contributed by atoms with E-state index in [1.54, 1.807) is 0 Å². The van der Waals surface area contributed by atoms with Crippen LogP contribution in [0.15, 0.2) is 46.9 Å². The zero-order valence-electron chi connectivity index (χ0n) is 8.97. The Kier molecular flexibility index (Phi) is 3.05. The highest BCUT2D eigenvalue weighted by Crippen LogP contribution is 2.21. The summed E-state index contributed by atoms with van der Waals surface area (Å²) in [6.07, 6.45) is 0. The summed E-state index contributed by atoms with van der Waals surface area (Å²) in [4.78, 5) is 10.6. The minimum Gasteiger partial charge on any atom is -0.458 e. The van der Waals surface area contributed by atoms with Crippen LogP contribution in [-0.4, -0.2) is 5.97 Å². The van der Waals surface area contributed by atoms with E-state index in [0.717, 1.165) is 11.3 Å². The van der Waals surface area contributed by atoms with Crippen molar-refractivity contribution in [1.82, 2.24) is 0 Å². The second-order valence-electron chi connectivity index (χ2n) is 3.41. The number of furan rings is 1. The van der Waals surface area contributed by atoms with Crippen molar-refractivity contribution in [1.29, 1.82) is 0 Å². The van der Waals surface area contributed by atoms with E-state index in [1.807, 2.05) is 42.5 Å². The summed E-state index contributed by atoms with van der Waals surface area (Å²) in [5.41, 5.74) is 1.01. The highest BCUT2D eigenvalue weighted by molar-refractivity contribution is 5.65. The van der Waals surface area contributed by atoms with Crippen LogP contribution < -0.4 is 0 Å². The van der Waals surface area contributed by atoms with E-state index in [0.29, 0.717) is 5.76 Å². The highest BCUT2D eigenvalue weighted by Gasteiger charge is 2.05. The van der Waals surface area contributed by atoms with Crippen LogP contribution in [-0.2, 0) is 16.1 Å². The molecule has 0 spiro atoms. The molecule has 2 aromatic rings. The largest absolute Gasteiger partial charge is 0.458 e. The zero-order valence-corrected chi connectivity index (χ0v) is 8.97. The molecule has 0 fully saturated rings. The van der Waals surface area contributed by atoms with Crippen molar-refractivity contribution in [3.63, 3.8) is 0 Å². The number of hydrogen-bond donors (Lipinski definition) is 0. The molecule has 1 aromatic carbocycles. The van der Waals surface area contributed by atoms with Gasteiger partial charge < -0.3 is 9.15 Å². The minimum absolute atomic E-state index is 0.183. The number of ether oxygens (including phenoxy) is 1. The van der Waals surface area contributed by atoms with Gasteiger partial charge in [0.2, 0.25) is 0 Å². The Hall–Kier alpha value is -2.03. The fraction of sp³-hybridized carbons (Fsp3) is 0.154. The number of esters is 1. The van der Waals surface area contributed by atoms with E-state index >= 15 is 0 Å². The van der Waals surface area contributed by atoms with Crippen LogP contribution in [0.2, 0.25) is 0 Å². The monoisotopic (exact) mass is 216 g/mol. The lowest BCUT2D eigenvalue weighted by molar-refractivity contribution is -0.142. The van der Waals surface area contributed by atoms with E-state index < -0.39 is 0 Å². The Morgan fingerprint density at radius 2 is 1.94 bits per heavy atom. The Balaban J connectivity index is 2.11. The first-order chi connectivity index (χ1) is 7.75. The predicted molar refractivity (Wildman–Crippen MR) is 59.6 cm³/mol. The molecule has 0 aliphatic rings. The Labute approximate surface area is 93.7 Å². The summed E-state index contributed by atoms with van der Waals surface area (Å²) in [6, 6.07) is 13.5. The highest BCUT2D eigenvalue weighted by atomic mass is 16.5. The number of rotatable bonds is 3. The van der Waals surface area contributed by atoms with Crippen LogP contribution in [0.5, 0.6) is 0 Å². The molecule has 16 heavy (non-hydrogen) atoms. The van der Waals surface area contributed by atoms with Gasteiger partial charge in [-0.3, -0.25) is 4.79 Å². The van der Waals surface area contributed by atoms with Crippen molar-refractivity contribution in [2.75, 3.05) is 0 Å². The van der Waals surface area contributed by atoms with E-state index in [1.165, 1.54) is 6.92 Å². The molecule has 0 radical (unpaired) electrons. The molecule has 0 aliphatic carbocycles. The first-order valence-electron chi connectivity index (χ1n) is 5.03. The van der Waals surface area contributed by atoms with Crippen molar-refractivity contribution < 1.29 is 13.9 Å². The third-order valence-corrected chi connectivity index (χ3v) is 2.14. The van der Waals surface area contributed by atoms with Crippen LogP contribution in [0, 0.1) is 0 Å². The van der Waals surface area contributed by atoms with Gasteiger partial charge in [0.05, 0.1) is 0 Å². The van der Waals surface area contributed by atoms with Crippen molar-refractivity contribution in [2.45, 2.75) is 13.5 Å². The summed E-state index contributed by atoms with van der Waals surface area (Å²) in [6.45, 7) is 1.56. The first kappa shape index (κ1) is 10.5. The predicted octanol–water partition coefficient (Wildman–Crippen LogP) is 3.01. The molecule has 0 saturated carbocycles. The first-order valence-corrected chi connectivity index (χ1v) is 5.03. The third kappa shape index (κ3) is 2.51. The molecular formula is C13H12O3. The van der Waals surface area contributed by atoms with Crippen molar-refractivity contribution >= 4 is 5.97 Å². The molecule has 0 aliphatic heterocycles. The molecule has 82 valence electrons. The summed E-state index contributed by atoms with van der Waals surface area (Å²) < 4.78 is 10.4. The van der Waals surface area contributed by atoms with Crippen LogP contribution in [0.25, 0.3) is 11.3 Å². The maximum Gasteiger partial charge on any atom is 0.303 e. The summed E-state index contributed by atoms with van der Waals surface area (Å²) in [7, 11) is 0. The second kappa shape index (κ2) is 4.66. The molecule has 0 atom stereocenters. The summed E-state index contributed by atoms with van der Waals surface area (Å²) in [5, 5.41) is 0. The Morgan fingerprint density at radius 3 is 2.62 bits per heavy atom. The van der Waals surface area contributed by atoms with Gasteiger partial charge in [-0.2, -0.15) is 0 Å². The average Bonchev–Trinajstić information content (AvgIpc) is 2.76. The molecule has 0 saturated heterocycles. The van der Waals surface area contributed by atoms with Gasteiger partial charge in [-0.25, -0.2) is 0 Å². The van der Waals surface area contributed by atoms with E-state index in [9.17, 15) is 4.79 Å². The fourth-order valence-electron chi connectivity index (χ4n) is 1.39. The topological polar surface area (TPSA) is 39.4 Å². The van der Waals surface area contributed by atoms with Crippen LogP contribution in [0.3, 0.4) is 0 Å². The lowest BCUT2D eigenvalue weighted by atomic mass is 10.2. The minimum atomic E-state index is -0.308. The molecule has 0 N–H and O–H groups in total. The number of carbonyl (C=O) groups is 1. The molecule has 0 amide bonds. The lowest BCUT2D eigenvalue weighted by Crippen LogP contribution is -1.97. The van der Waals surface area contributed by atoms with Crippen LogP contribution >= 0.6 is 0 Å². The molecule has 2 rings (SSSR count). The maximum absolute atomic E-state index is 10.6. The van der Waals surface area contributed by atoms with E-state index in [4.69, 9.17) is 9.15 Å². The van der Waals surface area contributed by atoms with Gasteiger partial charge in [0.15, 0.2) is 0 Å². The lowest BCUT2D eigenvalue weighted by Gasteiger charge is -1.98. The second-order valence-corrected chi connectivity index (χ2v) is 3.41. The Morgan fingerprint density at radius 1 is 1.19 bits per heavy atom. The molecular weight excluding hydrogens is 204 g/mol. The molecule has 1 heterocycles. The summed E-state index contributed by atoms with van der Waals surface area (Å²) >= 11 is 0. The Bertz CT molecular complexity index is 471. The number of benzene rings is 1. The van der Waals surface area contributed by atoms with Gasteiger partial charge in [-0.1, -0.05) is 30.3 Å². The number of carbonyl (C=O) groups excluding carboxylic acids is 1. The standard InChI is InChI=1S/C13H12O3/c1-10(14)15-9-12-7-8-13(16-12)11-5-3-2-4-6-11/h2-8H,9H2,1H3. The molecule has 0 unspecified atom stereocenters. The molecule has 0 bridgehead atoms. The summed E-state index contributed by atoms with van der Waals surface area (Å²) in [5.74, 6) is 1.12. The number of hydrogen-bond acceptors (Lipinski definition) is 3. The van der Waals surface area contributed by atoms with Crippen molar-refractivity contribution in [3.05, 3.63) is 48.2 Å². The molecule has 1 aromatic heterocycles. The van der Waals surface area contributed by atoms with Gasteiger partial charge in [0.1, 0.15) is 18.1 Å². The molecule has 3 nitrogen and oxygen atoms in total. The van der Waals surface area contributed by atoms with E-state index in [2.05, 4.69) is 0 Å². The van der Waals surface area contributed by atoms with Crippen LogP contribution in [0.1, 0.15) is 12.7 Å². The van der Waals surface area contributed by atoms with Gasteiger partial charge in [0, 0.05) is 12.5 Å². The van der Waals surface area contributed by atoms with Gasteiger partial charge in [-0.15, -0.1) is 0 Å². The third-order valence-electron chi connectivity index (χ3n) is 2.14. The smallest absolute Gasteiger partial charge is 0.303 e.